The van der Waals surface area contributed by atoms with Crippen molar-refractivity contribution in [2.75, 3.05) is 0 Å². The minimum atomic E-state index is -0.929. The number of hydrogen-bond donors (Lipinski definition) is 2. The quantitative estimate of drug-likeness (QED) is 0.794. The van der Waals surface area contributed by atoms with Crippen LogP contribution in [0.4, 0.5) is 0 Å². The van der Waals surface area contributed by atoms with Crippen molar-refractivity contribution in [3.63, 3.8) is 0 Å². The molecule has 0 saturated heterocycles. The highest BCUT2D eigenvalue weighted by Crippen LogP contribution is 2.28. The lowest BCUT2D eigenvalue weighted by atomic mass is 10.1. The summed E-state index contributed by atoms with van der Waals surface area (Å²) in [6.07, 6.45) is 0. The highest BCUT2D eigenvalue weighted by atomic mass is 32.1. The van der Waals surface area contributed by atoms with Gasteiger partial charge in [-0.15, -0.1) is 11.3 Å². The fraction of sp³-hybridized carbons (Fsp3) is 0.100. The van der Waals surface area contributed by atoms with Gasteiger partial charge in [0, 0.05) is 9.58 Å². The maximum absolute atomic E-state index is 10.9. The molecule has 0 aliphatic heterocycles. The van der Waals surface area contributed by atoms with E-state index in [2.05, 4.69) is 0 Å². The lowest BCUT2D eigenvalue weighted by molar-refractivity contribution is 0.0699. The molecule has 2 aromatic rings. The molecule has 0 radical (unpaired) electrons. The lowest BCUT2D eigenvalue weighted by Gasteiger charge is -1.94. The smallest absolute Gasteiger partial charge is 0.337 e. The summed E-state index contributed by atoms with van der Waals surface area (Å²) in [6.45, 7) is -0.0432. The molecule has 72 valence electrons. The zero-order chi connectivity index (χ0) is 10.1. The third-order valence-corrected chi connectivity index (χ3v) is 3.15. The predicted octanol–water partition coefficient (Wildman–Crippen LogP) is 2.09. The van der Waals surface area contributed by atoms with Gasteiger partial charge in [-0.05, 0) is 17.5 Å². The summed E-state index contributed by atoms with van der Waals surface area (Å²) >= 11 is 1.32. The van der Waals surface area contributed by atoms with E-state index in [9.17, 15) is 4.79 Å². The van der Waals surface area contributed by atoms with Crippen LogP contribution in [0.1, 0.15) is 15.2 Å². The normalized spacial score (nSPS) is 10.6. The average Bonchev–Trinajstić information content (AvgIpc) is 2.59. The van der Waals surface area contributed by atoms with Gasteiger partial charge in [0.15, 0.2) is 0 Å². The average molecular weight is 208 g/mol. The molecule has 0 unspecified atom stereocenters. The van der Waals surface area contributed by atoms with E-state index in [1.807, 2.05) is 12.1 Å². The first-order valence-electron chi connectivity index (χ1n) is 4.08. The summed E-state index contributed by atoms with van der Waals surface area (Å²) in [5.74, 6) is -0.929. The molecular formula is C10H8O3S. The third kappa shape index (κ3) is 1.38. The van der Waals surface area contributed by atoms with Crippen LogP contribution in [0.25, 0.3) is 10.1 Å². The first-order valence-corrected chi connectivity index (χ1v) is 4.89. The number of aliphatic hydroxyl groups excluding tert-OH is 1. The van der Waals surface area contributed by atoms with Crippen molar-refractivity contribution in [2.24, 2.45) is 0 Å². The highest BCUT2D eigenvalue weighted by Gasteiger charge is 2.10. The Balaban J connectivity index is 2.73. The van der Waals surface area contributed by atoms with Crippen LogP contribution in [-0.4, -0.2) is 16.2 Å². The molecule has 0 aliphatic rings. The number of rotatable bonds is 2. The van der Waals surface area contributed by atoms with Gasteiger partial charge in [-0.25, -0.2) is 4.79 Å². The summed E-state index contributed by atoms with van der Waals surface area (Å²) in [5.41, 5.74) is 0.298. The fourth-order valence-corrected chi connectivity index (χ4v) is 2.39. The van der Waals surface area contributed by atoms with Crippen molar-refractivity contribution in [1.29, 1.82) is 0 Å². The molecule has 1 aromatic heterocycles. The van der Waals surface area contributed by atoms with Gasteiger partial charge in [0.1, 0.15) is 0 Å². The van der Waals surface area contributed by atoms with Crippen LogP contribution >= 0.6 is 11.3 Å². The molecule has 2 rings (SSSR count). The molecule has 14 heavy (non-hydrogen) atoms. The van der Waals surface area contributed by atoms with E-state index in [0.29, 0.717) is 5.56 Å². The Morgan fingerprint density at radius 1 is 1.43 bits per heavy atom. The first kappa shape index (κ1) is 9.18. The highest BCUT2D eigenvalue weighted by molar-refractivity contribution is 7.19. The van der Waals surface area contributed by atoms with Crippen LogP contribution in [0.2, 0.25) is 0 Å². The van der Waals surface area contributed by atoms with E-state index >= 15 is 0 Å². The summed E-state index contributed by atoms with van der Waals surface area (Å²) in [6, 6.07) is 6.94. The van der Waals surface area contributed by atoms with Crippen LogP contribution in [0, 0.1) is 0 Å². The minimum absolute atomic E-state index is 0.0432. The van der Waals surface area contributed by atoms with E-state index < -0.39 is 5.97 Å². The summed E-state index contributed by atoms with van der Waals surface area (Å²) in [5, 5.41) is 18.7. The fourth-order valence-electron chi connectivity index (χ4n) is 1.36. The molecule has 4 heteroatoms. The maximum atomic E-state index is 10.9. The van der Waals surface area contributed by atoms with Gasteiger partial charge in [-0.3, -0.25) is 0 Å². The third-order valence-electron chi connectivity index (χ3n) is 1.98. The van der Waals surface area contributed by atoms with Gasteiger partial charge in [0.2, 0.25) is 0 Å². The summed E-state index contributed by atoms with van der Waals surface area (Å²) < 4.78 is 0.726. The van der Waals surface area contributed by atoms with Crippen molar-refractivity contribution in [3.05, 3.63) is 34.7 Å². The Morgan fingerprint density at radius 2 is 2.21 bits per heavy atom. The van der Waals surface area contributed by atoms with E-state index in [1.54, 1.807) is 12.1 Å². The van der Waals surface area contributed by atoms with Gasteiger partial charge < -0.3 is 10.2 Å². The zero-order valence-electron chi connectivity index (χ0n) is 7.23. The standard InChI is InChI=1S/C10H8O3S/c11-5-7-4-6-2-1-3-8(10(12)13)9(6)14-7/h1-4,11H,5H2,(H,12,13). The molecule has 0 amide bonds. The molecule has 0 atom stereocenters. The first-order chi connectivity index (χ1) is 6.72. The van der Waals surface area contributed by atoms with Gasteiger partial charge in [-0.2, -0.15) is 0 Å². The van der Waals surface area contributed by atoms with Crippen LogP contribution in [0.15, 0.2) is 24.3 Å². The molecule has 0 fully saturated rings. The van der Waals surface area contributed by atoms with Crippen molar-refractivity contribution in [3.8, 4) is 0 Å². The molecule has 1 heterocycles. The van der Waals surface area contributed by atoms with Crippen molar-refractivity contribution < 1.29 is 15.0 Å². The summed E-state index contributed by atoms with van der Waals surface area (Å²) in [4.78, 5) is 11.6. The Kier molecular flexibility index (Phi) is 2.23. The maximum Gasteiger partial charge on any atom is 0.337 e. The zero-order valence-corrected chi connectivity index (χ0v) is 8.04. The summed E-state index contributed by atoms with van der Waals surface area (Å²) in [7, 11) is 0. The second-order valence-corrected chi connectivity index (χ2v) is 4.04. The predicted molar refractivity (Wildman–Crippen MR) is 54.7 cm³/mol. The van der Waals surface area contributed by atoms with Gasteiger partial charge in [0.05, 0.1) is 12.2 Å². The van der Waals surface area contributed by atoms with Gasteiger partial charge in [-0.1, -0.05) is 12.1 Å². The van der Waals surface area contributed by atoms with Crippen LogP contribution in [0.3, 0.4) is 0 Å². The van der Waals surface area contributed by atoms with Gasteiger partial charge >= 0.3 is 5.97 Å². The number of benzene rings is 1. The molecule has 3 nitrogen and oxygen atoms in total. The topological polar surface area (TPSA) is 57.5 Å². The second kappa shape index (κ2) is 3.40. The largest absolute Gasteiger partial charge is 0.478 e. The molecule has 1 aromatic carbocycles. The Morgan fingerprint density at radius 3 is 2.86 bits per heavy atom. The monoisotopic (exact) mass is 208 g/mol. The Bertz CT molecular complexity index is 487. The van der Waals surface area contributed by atoms with Gasteiger partial charge in [0.25, 0.3) is 0 Å². The van der Waals surface area contributed by atoms with E-state index in [-0.39, 0.29) is 6.61 Å². The van der Waals surface area contributed by atoms with E-state index in [4.69, 9.17) is 10.2 Å². The van der Waals surface area contributed by atoms with Crippen LogP contribution in [0.5, 0.6) is 0 Å². The number of hydrogen-bond acceptors (Lipinski definition) is 3. The second-order valence-electron chi connectivity index (χ2n) is 2.90. The number of carboxylic acids is 1. The SMILES string of the molecule is O=C(O)c1cccc2cc(CO)sc12. The number of carboxylic acid groups (broad SMARTS) is 1. The molecule has 0 saturated carbocycles. The molecule has 0 aliphatic carbocycles. The van der Waals surface area contributed by atoms with Crippen molar-refractivity contribution in [1.82, 2.24) is 0 Å². The van der Waals surface area contributed by atoms with Crippen molar-refractivity contribution in [2.45, 2.75) is 6.61 Å². The van der Waals surface area contributed by atoms with E-state index in [0.717, 1.165) is 15.0 Å². The number of aliphatic hydroxyl groups is 1. The number of carbonyl (C=O) groups is 1. The molecular weight excluding hydrogens is 200 g/mol. The number of aromatic carboxylic acids is 1. The number of fused-ring (bicyclic) bond motifs is 1. The molecule has 0 bridgehead atoms. The molecule has 2 N–H and O–H groups in total. The lowest BCUT2D eigenvalue weighted by Crippen LogP contribution is -1.94. The van der Waals surface area contributed by atoms with Crippen LogP contribution < -0.4 is 0 Å². The molecule has 0 spiro atoms. The minimum Gasteiger partial charge on any atom is -0.478 e. The number of thiophene rings is 1. The van der Waals surface area contributed by atoms with Crippen molar-refractivity contribution >= 4 is 27.4 Å². The van der Waals surface area contributed by atoms with Crippen LogP contribution in [-0.2, 0) is 6.61 Å². The van der Waals surface area contributed by atoms with E-state index in [1.165, 1.54) is 11.3 Å². The Hall–Kier alpha value is -1.39. The Labute approximate surface area is 84.2 Å².